The fourth-order valence-corrected chi connectivity index (χ4v) is 5.00. The van der Waals surface area contributed by atoms with Crippen molar-refractivity contribution in [2.45, 2.75) is 12.1 Å². The Labute approximate surface area is 199 Å². The van der Waals surface area contributed by atoms with Gasteiger partial charge >= 0.3 is 0 Å². The molecule has 0 N–H and O–H groups in total. The quantitative estimate of drug-likeness (QED) is 0.268. The summed E-state index contributed by atoms with van der Waals surface area (Å²) in [5, 5.41) is 17.0. The van der Waals surface area contributed by atoms with E-state index >= 15 is 0 Å². The van der Waals surface area contributed by atoms with E-state index in [1.54, 1.807) is 24.3 Å². The van der Waals surface area contributed by atoms with Crippen LogP contribution in [0.25, 0.3) is 0 Å². The molecule has 2 fully saturated rings. The molecule has 3 aliphatic rings. The number of carbonyl (C=O) groups excluding carboxylic acids is 3. The fraction of sp³-hybridized carbons (Fsp3) is 0.250. The van der Waals surface area contributed by atoms with Crippen molar-refractivity contribution in [1.82, 2.24) is 5.01 Å². The molecule has 2 amide bonds. The van der Waals surface area contributed by atoms with Gasteiger partial charge in [-0.3, -0.25) is 29.5 Å². The van der Waals surface area contributed by atoms with Crippen molar-refractivity contribution in [3.63, 3.8) is 0 Å². The van der Waals surface area contributed by atoms with Crippen LogP contribution in [-0.2, 0) is 9.59 Å². The number of carbonyl (C=O) groups is 3. The number of hydrogen-bond acceptors (Lipinski definition) is 9. The van der Waals surface area contributed by atoms with Crippen LogP contribution in [0.4, 0.5) is 11.4 Å². The van der Waals surface area contributed by atoms with Crippen LogP contribution in [0.1, 0.15) is 10.4 Å². The van der Waals surface area contributed by atoms with E-state index in [1.165, 1.54) is 55.8 Å². The van der Waals surface area contributed by atoms with E-state index in [2.05, 4.69) is 5.10 Å². The average molecular weight is 476 g/mol. The molecule has 2 saturated heterocycles. The van der Waals surface area contributed by atoms with Crippen molar-refractivity contribution in [3.8, 4) is 11.5 Å². The first-order chi connectivity index (χ1) is 16.9. The molecule has 0 radical (unpaired) electrons. The molecule has 3 aliphatic heterocycles. The molecule has 178 valence electrons. The summed E-state index contributed by atoms with van der Waals surface area (Å²) in [5.41, 5.74) is 0.114. The number of hydrogen-bond donors (Lipinski definition) is 0. The second-order valence-corrected chi connectivity index (χ2v) is 8.24. The molecule has 2 aromatic rings. The molecule has 3 heterocycles. The first-order valence-electron chi connectivity index (χ1n) is 10.7. The van der Waals surface area contributed by atoms with E-state index in [4.69, 9.17) is 9.47 Å². The molecule has 4 unspecified atom stereocenters. The Bertz CT molecular complexity index is 1320. The fourth-order valence-electron chi connectivity index (χ4n) is 5.00. The number of benzene rings is 2. The molecule has 5 rings (SSSR count). The molecule has 4 atom stereocenters. The number of nitro benzene ring substituents is 1. The maximum Gasteiger partial charge on any atom is 0.271 e. The highest BCUT2D eigenvalue weighted by Crippen LogP contribution is 2.46. The van der Waals surface area contributed by atoms with Crippen LogP contribution in [0, 0.1) is 22.0 Å². The SMILES string of the molecule is COc1ccc(C(=O)C2C3C(=O)N(c4cccc([N+](=O)[O-])c4)C(=O)C3C3C=CC=NN32)cc1OC. The first-order valence-corrected chi connectivity index (χ1v) is 10.7. The second-order valence-electron chi connectivity index (χ2n) is 8.24. The van der Waals surface area contributed by atoms with Crippen LogP contribution in [0.15, 0.2) is 59.7 Å². The summed E-state index contributed by atoms with van der Waals surface area (Å²) in [6, 6.07) is 8.33. The lowest BCUT2D eigenvalue weighted by molar-refractivity contribution is -0.384. The van der Waals surface area contributed by atoms with Gasteiger partial charge in [0.15, 0.2) is 17.3 Å². The standard InChI is InChI=1S/C24H20N4O7/c1-34-17-9-8-13(11-18(17)35-2)22(29)21-20-19(16-7-4-10-25-27(16)21)23(30)26(24(20)31)14-5-3-6-15(12-14)28(32)33/h3-12,16,19-21H,1-2H3. The average Bonchev–Trinajstić information content (AvgIpc) is 3.35. The Morgan fingerprint density at radius 3 is 2.49 bits per heavy atom. The normalized spacial score (nSPS) is 24.4. The van der Waals surface area contributed by atoms with Crippen molar-refractivity contribution < 1.29 is 28.8 Å². The zero-order valence-electron chi connectivity index (χ0n) is 18.7. The van der Waals surface area contributed by atoms with Gasteiger partial charge in [0.1, 0.15) is 6.04 Å². The zero-order chi connectivity index (χ0) is 24.9. The number of ketones is 1. The number of rotatable bonds is 6. The van der Waals surface area contributed by atoms with Crippen LogP contribution in [-0.4, -0.2) is 60.0 Å². The van der Waals surface area contributed by atoms with Crippen molar-refractivity contribution in [2.24, 2.45) is 16.9 Å². The Morgan fingerprint density at radius 2 is 1.77 bits per heavy atom. The summed E-state index contributed by atoms with van der Waals surface area (Å²) in [5.74, 6) is -2.64. The summed E-state index contributed by atoms with van der Waals surface area (Å²) < 4.78 is 10.6. The van der Waals surface area contributed by atoms with Crippen molar-refractivity contribution >= 4 is 35.2 Å². The molecule has 35 heavy (non-hydrogen) atoms. The maximum atomic E-state index is 13.7. The monoisotopic (exact) mass is 476 g/mol. The topological polar surface area (TPSA) is 132 Å². The lowest BCUT2D eigenvalue weighted by Gasteiger charge is -2.30. The van der Waals surface area contributed by atoms with Gasteiger partial charge in [-0.15, -0.1) is 0 Å². The number of nitrogens with zero attached hydrogens (tertiary/aromatic N) is 4. The third-order valence-corrected chi connectivity index (χ3v) is 6.53. The van der Waals surface area contributed by atoms with E-state index in [0.29, 0.717) is 11.5 Å². The minimum atomic E-state index is -1.05. The van der Waals surface area contributed by atoms with Gasteiger partial charge in [0.2, 0.25) is 11.8 Å². The highest BCUT2D eigenvalue weighted by atomic mass is 16.6. The molecule has 0 aliphatic carbocycles. The summed E-state index contributed by atoms with van der Waals surface area (Å²) >= 11 is 0. The third kappa shape index (κ3) is 3.35. The van der Waals surface area contributed by atoms with Crippen LogP contribution in [0.5, 0.6) is 11.5 Å². The van der Waals surface area contributed by atoms with E-state index in [0.717, 1.165) is 4.90 Å². The highest BCUT2D eigenvalue weighted by molar-refractivity contribution is 6.24. The van der Waals surface area contributed by atoms with Gasteiger partial charge in [0.25, 0.3) is 5.69 Å². The minimum Gasteiger partial charge on any atom is -0.493 e. The number of imide groups is 1. The number of nitro groups is 1. The van der Waals surface area contributed by atoms with Crippen molar-refractivity contribution in [1.29, 1.82) is 0 Å². The number of fused-ring (bicyclic) bond motifs is 3. The van der Waals surface area contributed by atoms with Gasteiger partial charge in [0, 0.05) is 23.9 Å². The number of anilines is 1. The number of Topliss-reactive ketones (excluding diaryl/α,β-unsaturated/α-hetero) is 1. The smallest absolute Gasteiger partial charge is 0.271 e. The van der Waals surface area contributed by atoms with Gasteiger partial charge in [-0.1, -0.05) is 12.1 Å². The number of non-ortho nitro benzene ring substituents is 1. The van der Waals surface area contributed by atoms with E-state index in [9.17, 15) is 24.5 Å². The van der Waals surface area contributed by atoms with Crippen LogP contribution < -0.4 is 14.4 Å². The van der Waals surface area contributed by atoms with Gasteiger partial charge in [-0.2, -0.15) is 5.10 Å². The molecule has 0 aromatic heterocycles. The third-order valence-electron chi connectivity index (χ3n) is 6.53. The predicted octanol–water partition coefficient (Wildman–Crippen LogP) is 2.21. The Kier molecular flexibility index (Phi) is 5.31. The van der Waals surface area contributed by atoms with Gasteiger partial charge in [-0.25, -0.2) is 4.90 Å². The van der Waals surface area contributed by atoms with Gasteiger partial charge < -0.3 is 9.47 Å². The Hall–Kier alpha value is -4.54. The Morgan fingerprint density at radius 1 is 1.03 bits per heavy atom. The molecular weight excluding hydrogens is 456 g/mol. The molecule has 0 spiro atoms. The van der Waals surface area contributed by atoms with Crippen molar-refractivity contribution in [3.05, 3.63) is 70.3 Å². The summed E-state index contributed by atoms with van der Waals surface area (Å²) in [4.78, 5) is 52.4. The van der Waals surface area contributed by atoms with E-state index in [1.807, 2.05) is 0 Å². The molecule has 11 nitrogen and oxygen atoms in total. The first kappa shape index (κ1) is 22.3. The van der Waals surface area contributed by atoms with Gasteiger partial charge in [0.05, 0.1) is 42.7 Å². The van der Waals surface area contributed by atoms with E-state index in [-0.39, 0.29) is 16.9 Å². The molecule has 0 bridgehead atoms. The van der Waals surface area contributed by atoms with Gasteiger partial charge in [-0.05, 0) is 30.3 Å². The largest absolute Gasteiger partial charge is 0.493 e. The maximum absolute atomic E-state index is 13.7. The zero-order valence-corrected chi connectivity index (χ0v) is 18.7. The number of methoxy groups -OCH3 is 2. The van der Waals surface area contributed by atoms with Crippen molar-refractivity contribution in [2.75, 3.05) is 19.1 Å². The molecule has 2 aromatic carbocycles. The second kappa shape index (κ2) is 8.35. The van der Waals surface area contributed by atoms with Crippen LogP contribution in [0.3, 0.4) is 0 Å². The molecule has 0 saturated carbocycles. The lowest BCUT2D eigenvalue weighted by atomic mass is 9.86. The molecular formula is C24H20N4O7. The predicted molar refractivity (Wildman–Crippen MR) is 123 cm³/mol. The minimum absolute atomic E-state index is 0.0933. The number of ether oxygens (including phenoxy) is 2. The summed E-state index contributed by atoms with van der Waals surface area (Å²) in [7, 11) is 2.93. The summed E-state index contributed by atoms with van der Waals surface area (Å²) in [6.07, 6.45) is 4.89. The number of allylic oxidation sites excluding steroid dienone is 1. The highest BCUT2D eigenvalue weighted by Gasteiger charge is 2.64. The Balaban J connectivity index is 1.57. The number of hydrazone groups is 1. The van der Waals surface area contributed by atoms with Crippen LogP contribution >= 0.6 is 0 Å². The summed E-state index contributed by atoms with van der Waals surface area (Å²) in [6.45, 7) is 0. The molecule has 11 heteroatoms. The van der Waals surface area contributed by atoms with Crippen LogP contribution in [0.2, 0.25) is 0 Å². The van der Waals surface area contributed by atoms with E-state index < -0.39 is 46.4 Å². The number of amides is 2. The lowest BCUT2D eigenvalue weighted by Crippen LogP contribution is -2.46.